The maximum atomic E-state index is 13.0. The second-order valence-corrected chi connectivity index (χ2v) is 7.99. The first-order valence-electron chi connectivity index (χ1n) is 10.6. The lowest BCUT2D eigenvalue weighted by Gasteiger charge is -2.32. The number of aliphatic hydroxyl groups excluding tert-OH is 2. The number of amides is 3. The first-order valence-corrected chi connectivity index (χ1v) is 10.6. The van der Waals surface area contributed by atoms with E-state index in [1.165, 1.54) is 5.56 Å². The molecule has 32 heavy (non-hydrogen) atoms. The molecule has 0 aliphatic carbocycles. The van der Waals surface area contributed by atoms with Crippen molar-refractivity contribution in [3.05, 3.63) is 64.7 Å². The fraction of sp³-hybridized carbons (Fsp3) is 0.375. The van der Waals surface area contributed by atoms with Crippen LogP contribution in [-0.2, 0) is 0 Å². The van der Waals surface area contributed by atoms with Crippen molar-refractivity contribution in [1.29, 1.82) is 5.26 Å². The quantitative estimate of drug-likeness (QED) is 0.553. The molecular formula is C24H28N4O4. The second-order valence-electron chi connectivity index (χ2n) is 7.99. The number of nitrogens with one attached hydrogen (secondary N) is 2. The largest absolute Gasteiger partial charge is 0.394 e. The molecule has 1 fully saturated rings. The second kappa shape index (κ2) is 10.8. The Morgan fingerprint density at radius 3 is 2.38 bits per heavy atom. The van der Waals surface area contributed by atoms with E-state index in [-0.39, 0.29) is 19.1 Å². The fourth-order valence-electron chi connectivity index (χ4n) is 3.81. The SMILES string of the molecule is Cc1ccc(C(=O)N2CCC(c3ccc(C#N)cc3)CC2)cc1NC(=O)NC(CO)CO. The van der Waals surface area contributed by atoms with Crippen LogP contribution in [0.5, 0.6) is 0 Å². The number of hydrogen-bond acceptors (Lipinski definition) is 5. The summed E-state index contributed by atoms with van der Waals surface area (Å²) in [5, 5.41) is 32.3. The Hall–Kier alpha value is -3.41. The minimum Gasteiger partial charge on any atom is -0.394 e. The van der Waals surface area contributed by atoms with Crippen molar-refractivity contribution in [2.24, 2.45) is 0 Å². The molecule has 1 aliphatic rings. The summed E-state index contributed by atoms with van der Waals surface area (Å²) in [6, 6.07) is 13.6. The summed E-state index contributed by atoms with van der Waals surface area (Å²) < 4.78 is 0. The molecule has 0 unspecified atom stereocenters. The van der Waals surface area contributed by atoms with Crippen molar-refractivity contribution in [3.63, 3.8) is 0 Å². The topological polar surface area (TPSA) is 126 Å². The normalized spacial score (nSPS) is 14.2. The summed E-state index contributed by atoms with van der Waals surface area (Å²) in [5.41, 5.74) is 3.61. The fourth-order valence-corrected chi connectivity index (χ4v) is 3.81. The third-order valence-electron chi connectivity index (χ3n) is 5.80. The summed E-state index contributed by atoms with van der Waals surface area (Å²) in [5.74, 6) is 0.270. The number of nitrogens with zero attached hydrogens (tertiary/aromatic N) is 2. The third kappa shape index (κ3) is 5.63. The molecule has 4 N–H and O–H groups in total. The van der Waals surface area contributed by atoms with Crippen molar-refractivity contribution >= 4 is 17.6 Å². The number of hydrogen-bond donors (Lipinski definition) is 4. The highest BCUT2D eigenvalue weighted by atomic mass is 16.3. The van der Waals surface area contributed by atoms with Crippen molar-refractivity contribution in [2.75, 3.05) is 31.6 Å². The number of likely N-dealkylation sites (tertiary alicyclic amines) is 1. The number of nitriles is 1. The van der Waals surface area contributed by atoms with E-state index in [0.717, 1.165) is 18.4 Å². The van der Waals surface area contributed by atoms with Gasteiger partial charge in [0.2, 0.25) is 0 Å². The van der Waals surface area contributed by atoms with E-state index >= 15 is 0 Å². The van der Waals surface area contributed by atoms with Gasteiger partial charge in [-0.05, 0) is 61.1 Å². The number of piperidine rings is 1. The predicted molar refractivity (Wildman–Crippen MR) is 120 cm³/mol. The molecule has 0 spiro atoms. The van der Waals surface area contributed by atoms with E-state index in [0.29, 0.717) is 35.8 Å². The average molecular weight is 437 g/mol. The molecule has 1 saturated heterocycles. The van der Waals surface area contributed by atoms with Crippen LogP contribution in [0.3, 0.4) is 0 Å². The Balaban J connectivity index is 1.62. The molecule has 0 atom stereocenters. The number of carbonyl (C=O) groups excluding carboxylic acids is 2. The molecule has 2 aromatic carbocycles. The third-order valence-corrected chi connectivity index (χ3v) is 5.80. The van der Waals surface area contributed by atoms with Gasteiger partial charge in [-0.2, -0.15) is 5.26 Å². The molecule has 3 rings (SSSR count). The number of anilines is 1. The summed E-state index contributed by atoms with van der Waals surface area (Å²) in [7, 11) is 0. The minimum atomic E-state index is -0.752. The zero-order valence-electron chi connectivity index (χ0n) is 18.0. The van der Waals surface area contributed by atoms with E-state index in [1.807, 2.05) is 36.1 Å². The standard InChI is InChI=1S/C24H28N4O4/c1-16-2-5-20(12-22(16)27-24(32)26-21(14-29)15-30)23(31)28-10-8-19(9-11-28)18-6-3-17(13-25)4-7-18/h2-7,12,19,21,29-30H,8-11,14-15H2,1H3,(H2,26,27,32). The highest BCUT2D eigenvalue weighted by Crippen LogP contribution is 2.29. The van der Waals surface area contributed by atoms with Crippen LogP contribution in [0, 0.1) is 18.3 Å². The van der Waals surface area contributed by atoms with Gasteiger partial charge < -0.3 is 25.7 Å². The Morgan fingerprint density at radius 2 is 1.78 bits per heavy atom. The lowest BCUT2D eigenvalue weighted by molar-refractivity contribution is 0.0713. The van der Waals surface area contributed by atoms with Crippen LogP contribution >= 0.6 is 0 Å². The number of rotatable bonds is 6. The van der Waals surface area contributed by atoms with Gasteiger partial charge in [0.25, 0.3) is 5.91 Å². The molecule has 3 amide bonds. The van der Waals surface area contributed by atoms with Gasteiger partial charge in [-0.25, -0.2) is 4.79 Å². The molecular weight excluding hydrogens is 408 g/mol. The molecule has 8 nitrogen and oxygen atoms in total. The highest BCUT2D eigenvalue weighted by Gasteiger charge is 2.25. The lowest BCUT2D eigenvalue weighted by Crippen LogP contribution is -2.42. The van der Waals surface area contributed by atoms with E-state index in [4.69, 9.17) is 15.5 Å². The first-order chi connectivity index (χ1) is 15.4. The van der Waals surface area contributed by atoms with Crippen LogP contribution < -0.4 is 10.6 Å². The van der Waals surface area contributed by atoms with Crippen LogP contribution in [0.25, 0.3) is 0 Å². The smallest absolute Gasteiger partial charge is 0.319 e. The summed E-state index contributed by atoms with van der Waals surface area (Å²) >= 11 is 0. The summed E-state index contributed by atoms with van der Waals surface area (Å²) in [6.45, 7) is 2.34. The van der Waals surface area contributed by atoms with Crippen molar-refractivity contribution < 1.29 is 19.8 Å². The van der Waals surface area contributed by atoms with E-state index in [1.54, 1.807) is 18.2 Å². The van der Waals surface area contributed by atoms with E-state index < -0.39 is 12.1 Å². The highest BCUT2D eigenvalue weighted by molar-refractivity contribution is 5.97. The molecule has 1 aliphatic heterocycles. The molecule has 0 aromatic heterocycles. The zero-order chi connectivity index (χ0) is 23.1. The predicted octanol–water partition coefficient (Wildman–Crippen LogP) is 2.36. The number of aryl methyl sites for hydroxylation is 1. The molecule has 0 bridgehead atoms. The van der Waals surface area contributed by atoms with Gasteiger partial charge in [0.05, 0.1) is 30.9 Å². The van der Waals surface area contributed by atoms with E-state index in [9.17, 15) is 9.59 Å². The monoisotopic (exact) mass is 436 g/mol. The molecule has 168 valence electrons. The maximum Gasteiger partial charge on any atom is 0.319 e. The van der Waals surface area contributed by atoms with Crippen molar-refractivity contribution in [3.8, 4) is 6.07 Å². The number of aliphatic hydroxyl groups is 2. The molecule has 1 heterocycles. The van der Waals surface area contributed by atoms with Crippen molar-refractivity contribution in [1.82, 2.24) is 10.2 Å². The van der Waals surface area contributed by atoms with Gasteiger partial charge in [-0.1, -0.05) is 18.2 Å². The zero-order valence-corrected chi connectivity index (χ0v) is 18.0. The molecule has 2 aromatic rings. The minimum absolute atomic E-state index is 0.0877. The molecule has 8 heteroatoms. The number of urea groups is 1. The van der Waals surface area contributed by atoms with Crippen LogP contribution in [0.1, 0.15) is 45.8 Å². The maximum absolute atomic E-state index is 13.0. The van der Waals surface area contributed by atoms with Gasteiger partial charge >= 0.3 is 6.03 Å². The van der Waals surface area contributed by atoms with Gasteiger partial charge in [0.15, 0.2) is 0 Å². The summed E-state index contributed by atoms with van der Waals surface area (Å²) in [6.07, 6.45) is 1.70. The van der Waals surface area contributed by atoms with Gasteiger partial charge in [-0.3, -0.25) is 4.79 Å². The van der Waals surface area contributed by atoms with Crippen LogP contribution in [-0.4, -0.2) is 59.4 Å². The van der Waals surface area contributed by atoms with Gasteiger partial charge in [-0.15, -0.1) is 0 Å². The lowest BCUT2D eigenvalue weighted by atomic mass is 9.89. The van der Waals surface area contributed by atoms with Crippen LogP contribution in [0.15, 0.2) is 42.5 Å². The van der Waals surface area contributed by atoms with Crippen molar-refractivity contribution in [2.45, 2.75) is 31.7 Å². The molecule has 0 saturated carbocycles. The summed E-state index contributed by atoms with van der Waals surface area (Å²) in [4.78, 5) is 27.0. The number of benzene rings is 2. The Kier molecular flexibility index (Phi) is 7.82. The Morgan fingerprint density at radius 1 is 1.12 bits per heavy atom. The van der Waals surface area contributed by atoms with E-state index in [2.05, 4.69) is 16.7 Å². The Labute approximate surface area is 187 Å². The molecule has 0 radical (unpaired) electrons. The average Bonchev–Trinajstić information content (AvgIpc) is 2.83. The van der Waals surface area contributed by atoms with Gasteiger partial charge in [0.1, 0.15) is 0 Å². The van der Waals surface area contributed by atoms with Crippen LogP contribution in [0.4, 0.5) is 10.5 Å². The Bertz CT molecular complexity index is 988. The van der Waals surface area contributed by atoms with Gasteiger partial charge in [0, 0.05) is 24.3 Å². The number of carbonyl (C=O) groups is 2. The van der Waals surface area contributed by atoms with Crippen LogP contribution in [0.2, 0.25) is 0 Å². The first kappa shape index (κ1) is 23.3.